The number of benzene rings is 1. The third kappa shape index (κ3) is 1.96. The van der Waals surface area contributed by atoms with E-state index in [4.69, 9.17) is 0 Å². The number of carbonyl (C=O) groups is 1. The predicted octanol–water partition coefficient (Wildman–Crippen LogP) is 3.35. The second kappa shape index (κ2) is 5.21. The van der Waals surface area contributed by atoms with Crippen molar-refractivity contribution in [2.24, 2.45) is 11.3 Å². The summed E-state index contributed by atoms with van der Waals surface area (Å²) < 4.78 is 0. The molecule has 0 saturated carbocycles. The van der Waals surface area contributed by atoms with Crippen LogP contribution in [0.5, 0.6) is 0 Å². The molecule has 1 unspecified atom stereocenters. The van der Waals surface area contributed by atoms with Crippen LogP contribution >= 0.6 is 0 Å². The van der Waals surface area contributed by atoms with E-state index >= 15 is 0 Å². The topological polar surface area (TPSA) is 40.5 Å². The maximum atomic E-state index is 12.0. The van der Waals surface area contributed by atoms with E-state index in [9.17, 15) is 9.90 Å². The highest BCUT2D eigenvalue weighted by Gasteiger charge is 2.57. The number of aliphatic carboxylic acids is 1. The first-order valence-corrected chi connectivity index (χ1v) is 7.39. The van der Waals surface area contributed by atoms with E-state index in [1.165, 1.54) is 0 Å². The Morgan fingerprint density at radius 1 is 1.20 bits per heavy atom. The summed E-state index contributed by atoms with van der Waals surface area (Å²) >= 11 is 0. The fourth-order valence-corrected chi connectivity index (χ4v) is 3.88. The van der Waals surface area contributed by atoms with E-state index in [2.05, 4.69) is 30.9 Å². The van der Waals surface area contributed by atoms with Crippen LogP contribution in [0.25, 0.3) is 0 Å². The van der Waals surface area contributed by atoms with Gasteiger partial charge in [-0.2, -0.15) is 0 Å². The number of likely N-dealkylation sites (tertiary alicyclic amines) is 1. The Kier molecular flexibility index (Phi) is 3.92. The fourth-order valence-electron chi connectivity index (χ4n) is 3.88. The summed E-state index contributed by atoms with van der Waals surface area (Å²) in [5.41, 5.74) is -0.191. The molecule has 110 valence electrons. The molecule has 1 fully saturated rings. The van der Waals surface area contributed by atoms with Crippen molar-refractivity contribution in [2.75, 3.05) is 13.1 Å². The summed E-state index contributed by atoms with van der Waals surface area (Å²) in [6.45, 7) is 9.95. The van der Waals surface area contributed by atoms with Crippen LogP contribution in [-0.2, 0) is 10.3 Å². The fraction of sp³-hybridized carbons (Fsp3) is 0.588. The third-order valence-electron chi connectivity index (χ3n) is 4.89. The molecule has 1 aliphatic heterocycles. The first kappa shape index (κ1) is 15.0. The highest BCUT2D eigenvalue weighted by atomic mass is 16.4. The molecule has 0 bridgehead atoms. The minimum Gasteiger partial charge on any atom is -0.481 e. The molecule has 2 rings (SSSR count). The van der Waals surface area contributed by atoms with E-state index in [1.807, 2.05) is 32.0 Å². The third-order valence-corrected chi connectivity index (χ3v) is 4.89. The number of nitrogens with zero attached hydrogens (tertiary/aromatic N) is 1. The van der Waals surface area contributed by atoms with E-state index in [-0.39, 0.29) is 5.92 Å². The van der Waals surface area contributed by atoms with Crippen LogP contribution in [0.4, 0.5) is 0 Å². The predicted molar refractivity (Wildman–Crippen MR) is 80.6 cm³/mol. The van der Waals surface area contributed by atoms with Crippen LogP contribution < -0.4 is 0 Å². The van der Waals surface area contributed by atoms with E-state index < -0.39 is 16.9 Å². The first-order valence-electron chi connectivity index (χ1n) is 7.39. The van der Waals surface area contributed by atoms with Gasteiger partial charge in [-0.3, -0.25) is 9.69 Å². The Labute approximate surface area is 121 Å². The van der Waals surface area contributed by atoms with Gasteiger partial charge in [0.2, 0.25) is 0 Å². The quantitative estimate of drug-likeness (QED) is 0.896. The summed E-state index contributed by atoms with van der Waals surface area (Å²) in [6.07, 6.45) is 1.15. The maximum absolute atomic E-state index is 12.0. The monoisotopic (exact) mass is 275 g/mol. The van der Waals surface area contributed by atoms with Crippen molar-refractivity contribution in [1.29, 1.82) is 0 Å². The Hall–Kier alpha value is -1.35. The van der Waals surface area contributed by atoms with Gasteiger partial charge in [-0.1, -0.05) is 44.2 Å². The zero-order chi connectivity index (χ0) is 15.0. The summed E-state index contributed by atoms with van der Waals surface area (Å²) in [5, 5.41) is 9.83. The lowest BCUT2D eigenvalue weighted by molar-refractivity contribution is -0.168. The lowest BCUT2D eigenvalue weighted by atomic mass is 9.60. The SMILES string of the molecule is CC(C)C(c1ccccc1)(N1CCC1)C(C)(C)C(=O)O. The van der Waals surface area contributed by atoms with Crippen LogP contribution in [0.3, 0.4) is 0 Å². The van der Waals surface area contributed by atoms with Crippen LogP contribution in [0.15, 0.2) is 30.3 Å². The van der Waals surface area contributed by atoms with Crippen molar-refractivity contribution in [2.45, 2.75) is 39.7 Å². The van der Waals surface area contributed by atoms with Crippen molar-refractivity contribution in [3.63, 3.8) is 0 Å². The zero-order valence-corrected chi connectivity index (χ0v) is 12.9. The van der Waals surface area contributed by atoms with Crippen LogP contribution in [0.2, 0.25) is 0 Å². The lowest BCUT2D eigenvalue weighted by Gasteiger charge is -2.58. The molecule has 1 atom stereocenters. The average Bonchev–Trinajstić information content (AvgIpc) is 2.33. The smallest absolute Gasteiger partial charge is 0.311 e. The molecule has 1 N–H and O–H groups in total. The highest BCUT2D eigenvalue weighted by molar-refractivity contribution is 5.76. The first-order chi connectivity index (χ1) is 9.35. The summed E-state index contributed by atoms with van der Waals surface area (Å²) in [4.78, 5) is 14.3. The normalized spacial score (nSPS) is 19.4. The molecule has 1 heterocycles. The molecule has 0 amide bonds. The van der Waals surface area contributed by atoms with Crippen LogP contribution in [0.1, 0.15) is 39.7 Å². The number of carboxylic acid groups (broad SMARTS) is 1. The van der Waals surface area contributed by atoms with Gasteiger partial charge in [0.25, 0.3) is 0 Å². The molecule has 3 nitrogen and oxygen atoms in total. The molecule has 3 heteroatoms. The van der Waals surface area contributed by atoms with Gasteiger partial charge in [0.1, 0.15) is 0 Å². The Morgan fingerprint density at radius 3 is 2.10 bits per heavy atom. The van der Waals surface area contributed by atoms with Crippen molar-refractivity contribution in [3.05, 3.63) is 35.9 Å². The van der Waals surface area contributed by atoms with Gasteiger partial charge < -0.3 is 5.11 Å². The minimum atomic E-state index is -0.844. The van der Waals surface area contributed by atoms with Gasteiger partial charge in [0, 0.05) is 13.1 Å². The van der Waals surface area contributed by atoms with Crippen molar-refractivity contribution in [3.8, 4) is 0 Å². The molecule has 0 aromatic heterocycles. The van der Waals surface area contributed by atoms with Gasteiger partial charge in [0.05, 0.1) is 11.0 Å². The highest BCUT2D eigenvalue weighted by Crippen LogP contribution is 2.51. The van der Waals surface area contributed by atoms with Gasteiger partial charge in [-0.15, -0.1) is 0 Å². The van der Waals surface area contributed by atoms with E-state index in [1.54, 1.807) is 0 Å². The molecule has 1 saturated heterocycles. The Bertz CT molecular complexity index is 477. The maximum Gasteiger partial charge on any atom is 0.311 e. The van der Waals surface area contributed by atoms with E-state index in [0.717, 1.165) is 25.1 Å². The molecule has 0 spiro atoms. The average molecular weight is 275 g/mol. The van der Waals surface area contributed by atoms with Gasteiger partial charge in [0.15, 0.2) is 0 Å². The summed E-state index contributed by atoms with van der Waals surface area (Å²) in [5.74, 6) is -0.516. The molecule has 1 aromatic rings. The molecule has 0 radical (unpaired) electrons. The summed E-state index contributed by atoms with van der Waals surface area (Å²) in [6, 6.07) is 10.1. The Morgan fingerprint density at radius 2 is 1.75 bits per heavy atom. The second-order valence-corrected chi connectivity index (χ2v) is 6.56. The van der Waals surface area contributed by atoms with Crippen molar-refractivity contribution in [1.82, 2.24) is 4.90 Å². The second-order valence-electron chi connectivity index (χ2n) is 6.56. The number of rotatable bonds is 5. The molecular formula is C17H25NO2. The van der Waals surface area contributed by atoms with Crippen LogP contribution in [-0.4, -0.2) is 29.1 Å². The number of hydrogen-bond acceptors (Lipinski definition) is 2. The lowest BCUT2D eigenvalue weighted by Crippen LogP contribution is -2.65. The number of hydrogen-bond donors (Lipinski definition) is 1. The standard InChI is InChI=1S/C17H25NO2/c1-13(2)17(18-11-8-12-18,16(3,4)15(19)20)14-9-6-5-7-10-14/h5-7,9-10,13H,8,11-12H2,1-4H3,(H,19,20). The van der Waals surface area contributed by atoms with Gasteiger partial charge in [-0.25, -0.2) is 0 Å². The summed E-state index contributed by atoms with van der Waals surface area (Å²) in [7, 11) is 0. The Balaban J connectivity index is 2.66. The molecule has 1 aliphatic rings. The molecule has 20 heavy (non-hydrogen) atoms. The number of carboxylic acids is 1. The van der Waals surface area contributed by atoms with Gasteiger partial charge in [-0.05, 0) is 31.7 Å². The molecule has 1 aromatic carbocycles. The largest absolute Gasteiger partial charge is 0.481 e. The van der Waals surface area contributed by atoms with E-state index in [0.29, 0.717) is 0 Å². The van der Waals surface area contributed by atoms with Crippen molar-refractivity contribution < 1.29 is 9.90 Å². The van der Waals surface area contributed by atoms with Crippen molar-refractivity contribution >= 4 is 5.97 Å². The zero-order valence-electron chi connectivity index (χ0n) is 12.9. The molecular weight excluding hydrogens is 250 g/mol. The minimum absolute atomic E-state index is 0.219. The molecule has 0 aliphatic carbocycles. The van der Waals surface area contributed by atoms with Crippen LogP contribution in [0, 0.1) is 11.3 Å². The van der Waals surface area contributed by atoms with Gasteiger partial charge >= 0.3 is 5.97 Å².